The first kappa shape index (κ1) is 25.7. The van der Waals surface area contributed by atoms with Gasteiger partial charge in [-0.15, -0.1) is 0 Å². The van der Waals surface area contributed by atoms with Crippen molar-refractivity contribution in [3.63, 3.8) is 0 Å². The van der Waals surface area contributed by atoms with Crippen molar-refractivity contribution in [3.8, 4) is 11.1 Å². The zero-order valence-electron chi connectivity index (χ0n) is 17.6. The lowest BCUT2D eigenvalue weighted by Gasteiger charge is -2.15. The van der Waals surface area contributed by atoms with Gasteiger partial charge in [0.2, 0.25) is 5.91 Å². The smallest absolute Gasteiger partial charge is 0.393 e. The Labute approximate surface area is 182 Å². The molecule has 2 aromatic carbocycles. The number of hydrogen-bond donors (Lipinski definition) is 2. The van der Waals surface area contributed by atoms with Crippen molar-refractivity contribution >= 4 is 5.91 Å². The molecule has 0 radical (unpaired) electrons. The van der Waals surface area contributed by atoms with Gasteiger partial charge in [0.15, 0.2) is 0 Å². The zero-order valence-corrected chi connectivity index (χ0v) is 17.6. The minimum atomic E-state index is -4.92. The van der Waals surface area contributed by atoms with Gasteiger partial charge in [-0.1, -0.05) is 32.0 Å². The second kappa shape index (κ2) is 10.4. The summed E-state index contributed by atoms with van der Waals surface area (Å²) in [6.07, 6.45) is -8.87. The number of alkyl halides is 6. The Morgan fingerprint density at radius 1 is 0.938 bits per heavy atom. The molecule has 2 atom stereocenters. The van der Waals surface area contributed by atoms with Crippen molar-refractivity contribution in [1.82, 2.24) is 5.32 Å². The molecule has 1 amide bonds. The lowest BCUT2D eigenvalue weighted by atomic mass is 9.97. The van der Waals surface area contributed by atoms with Gasteiger partial charge < -0.3 is 10.4 Å². The highest BCUT2D eigenvalue weighted by Gasteiger charge is 2.37. The maximum atomic E-state index is 13.1. The summed E-state index contributed by atoms with van der Waals surface area (Å²) < 4.78 is 78.5. The molecule has 2 aromatic rings. The van der Waals surface area contributed by atoms with Crippen LogP contribution in [0.5, 0.6) is 0 Å². The van der Waals surface area contributed by atoms with Gasteiger partial charge in [0.25, 0.3) is 0 Å². The van der Waals surface area contributed by atoms with Gasteiger partial charge in [0, 0.05) is 12.5 Å². The third-order valence-corrected chi connectivity index (χ3v) is 5.09. The molecule has 9 heteroatoms. The minimum Gasteiger partial charge on any atom is -0.393 e. The molecule has 0 spiro atoms. The van der Waals surface area contributed by atoms with E-state index in [0.29, 0.717) is 37.0 Å². The number of aliphatic hydroxyl groups excluding tert-OH is 1. The third kappa shape index (κ3) is 6.72. The number of nitrogens with one attached hydrogen (secondary N) is 1. The number of carbonyl (C=O) groups excluding carboxylic acids is 1. The Morgan fingerprint density at radius 3 is 2.03 bits per heavy atom. The second-order valence-electron chi connectivity index (χ2n) is 7.38. The van der Waals surface area contributed by atoms with E-state index in [2.05, 4.69) is 5.32 Å². The minimum absolute atomic E-state index is 0.0738. The van der Waals surface area contributed by atoms with E-state index >= 15 is 0 Å². The maximum absolute atomic E-state index is 13.1. The normalized spacial score (nSPS) is 18.7. The molecule has 1 fully saturated rings. The number of carbonyl (C=O) groups is 1. The molecule has 1 aliphatic carbocycles. The van der Waals surface area contributed by atoms with Crippen molar-refractivity contribution in [2.24, 2.45) is 5.92 Å². The molecule has 0 saturated heterocycles. The first-order valence-electron chi connectivity index (χ1n) is 10.3. The summed E-state index contributed by atoms with van der Waals surface area (Å²) in [7, 11) is 0. The van der Waals surface area contributed by atoms with Crippen LogP contribution in [0.15, 0.2) is 42.5 Å². The Hall–Kier alpha value is -2.55. The van der Waals surface area contributed by atoms with Crippen LogP contribution in [0.1, 0.15) is 49.8 Å². The molecule has 0 aromatic heterocycles. The fourth-order valence-electron chi connectivity index (χ4n) is 3.51. The van der Waals surface area contributed by atoms with E-state index in [-0.39, 0.29) is 35.6 Å². The monoisotopic (exact) mass is 461 g/mol. The van der Waals surface area contributed by atoms with E-state index in [1.165, 1.54) is 18.2 Å². The topological polar surface area (TPSA) is 49.3 Å². The zero-order chi connectivity index (χ0) is 24.1. The maximum Gasteiger partial charge on any atom is 0.416 e. The fraction of sp³-hybridized carbons (Fsp3) is 0.435. The molecule has 0 aliphatic heterocycles. The summed E-state index contributed by atoms with van der Waals surface area (Å²) in [5.74, 6) is -0.545. The summed E-state index contributed by atoms with van der Waals surface area (Å²) in [4.78, 5) is 12.2. The van der Waals surface area contributed by atoms with Gasteiger partial charge in [-0.3, -0.25) is 4.79 Å². The second-order valence-corrected chi connectivity index (χ2v) is 7.38. The van der Waals surface area contributed by atoms with Crippen molar-refractivity contribution in [2.75, 3.05) is 0 Å². The molecule has 2 N–H and O–H groups in total. The quantitative estimate of drug-likeness (QED) is 0.533. The summed E-state index contributed by atoms with van der Waals surface area (Å²) >= 11 is 0. The molecule has 0 heterocycles. The number of benzene rings is 2. The molecular weight excluding hydrogens is 436 g/mol. The number of amides is 1. The van der Waals surface area contributed by atoms with E-state index in [1.54, 1.807) is 6.07 Å². The highest BCUT2D eigenvalue weighted by Crippen LogP contribution is 2.38. The van der Waals surface area contributed by atoms with Crippen LogP contribution in [0.3, 0.4) is 0 Å². The van der Waals surface area contributed by atoms with E-state index in [1.807, 2.05) is 13.8 Å². The highest BCUT2D eigenvalue weighted by atomic mass is 19.4. The third-order valence-electron chi connectivity index (χ3n) is 5.09. The molecule has 3 nitrogen and oxygen atoms in total. The number of aliphatic hydroxyl groups is 1. The lowest BCUT2D eigenvalue weighted by Crippen LogP contribution is -2.29. The average Bonchev–Trinajstić information content (AvgIpc) is 3.18. The molecular formula is C23H25F6NO2. The Kier molecular flexibility index (Phi) is 8.34. The van der Waals surface area contributed by atoms with E-state index in [9.17, 15) is 36.2 Å². The lowest BCUT2D eigenvalue weighted by molar-refractivity contribution is -0.143. The van der Waals surface area contributed by atoms with Crippen molar-refractivity contribution in [2.45, 2.75) is 58.1 Å². The van der Waals surface area contributed by atoms with Crippen LogP contribution in [0, 0.1) is 5.92 Å². The molecule has 1 aliphatic rings. The van der Waals surface area contributed by atoms with Crippen LogP contribution in [0.4, 0.5) is 26.3 Å². The van der Waals surface area contributed by atoms with Gasteiger partial charge >= 0.3 is 12.4 Å². The Balaban J connectivity index is 0.00000176. The predicted molar refractivity (Wildman–Crippen MR) is 108 cm³/mol. The van der Waals surface area contributed by atoms with Crippen LogP contribution in [0.25, 0.3) is 11.1 Å². The standard InChI is InChI=1S/C21H19F6NO2.C2H6/c22-20(23,24)16-7-15(8-17(10-16)21(25,26)27)13-3-1-2-12(6-13)11-28-19(30)14-4-5-18(29)9-14;1-2/h1-3,6-8,10,14,18,29H,4-5,9,11H2,(H,28,30);1-2H3. The van der Waals surface area contributed by atoms with Crippen LogP contribution in [-0.2, 0) is 23.7 Å². The highest BCUT2D eigenvalue weighted by molar-refractivity contribution is 5.79. The number of halogens is 6. The van der Waals surface area contributed by atoms with Gasteiger partial charge in [-0.2, -0.15) is 26.3 Å². The molecule has 1 saturated carbocycles. The van der Waals surface area contributed by atoms with E-state index < -0.39 is 29.6 Å². The van der Waals surface area contributed by atoms with Crippen LogP contribution in [-0.4, -0.2) is 17.1 Å². The van der Waals surface area contributed by atoms with Crippen LogP contribution in [0.2, 0.25) is 0 Å². The van der Waals surface area contributed by atoms with E-state index in [4.69, 9.17) is 0 Å². The largest absolute Gasteiger partial charge is 0.416 e. The van der Waals surface area contributed by atoms with Gasteiger partial charge in [-0.25, -0.2) is 0 Å². The fourth-order valence-corrected chi connectivity index (χ4v) is 3.51. The van der Waals surface area contributed by atoms with Crippen molar-refractivity contribution in [3.05, 3.63) is 59.2 Å². The van der Waals surface area contributed by atoms with Gasteiger partial charge in [0.1, 0.15) is 0 Å². The van der Waals surface area contributed by atoms with Gasteiger partial charge in [0.05, 0.1) is 17.2 Å². The molecule has 0 bridgehead atoms. The Morgan fingerprint density at radius 2 is 1.53 bits per heavy atom. The average molecular weight is 461 g/mol. The molecule has 2 unspecified atom stereocenters. The van der Waals surface area contributed by atoms with Crippen LogP contribution < -0.4 is 5.32 Å². The molecule has 32 heavy (non-hydrogen) atoms. The van der Waals surface area contributed by atoms with E-state index in [0.717, 1.165) is 0 Å². The summed E-state index contributed by atoms with van der Waals surface area (Å²) in [6.45, 7) is 4.07. The first-order chi connectivity index (χ1) is 14.9. The van der Waals surface area contributed by atoms with Crippen molar-refractivity contribution in [1.29, 1.82) is 0 Å². The van der Waals surface area contributed by atoms with Crippen molar-refractivity contribution < 1.29 is 36.2 Å². The SMILES string of the molecule is CC.O=C(NCc1cccc(-c2cc(C(F)(F)F)cc(C(F)(F)F)c2)c1)C1CCC(O)C1. The first-order valence-corrected chi connectivity index (χ1v) is 10.3. The summed E-state index contributed by atoms with van der Waals surface area (Å²) in [5.41, 5.74) is -2.28. The predicted octanol–water partition coefficient (Wildman–Crippen LogP) is 6.19. The van der Waals surface area contributed by atoms with Crippen LogP contribution >= 0.6 is 0 Å². The number of rotatable bonds is 4. The van der Waals surface area contributed by atoms with Gasteiger partial charge in [-0.05, 0) is 60.2 Å². The summed E-state index contributed by atoms with van der Waals surface area (Å²) in [5, 5.41) is 12.2. The Bertz CT molecular complexity index is 891. The molecule has 3 rings (SSSR count). The number of hydrogen-bond acceptors (Lipinski definition) is 2. The molecule has 176 valence electrons. The summed E-state index contributed by atoms with van der Waals surface area (Å²) in [6, 6.07) is 7.41.